The van der Waals surface area contributed by atoms with Crippen LogP contribution in [0, 0.1) is 0 Å². The normalized spacial score (nSPS) is 11.5. The zero-order chi connectivity index (χ0) is 16.2. The van der Waals surface area contributed by atoms with Gasteiger partial charge in [0.2, 0.25) is 0 Å². The van der Waals surface area contributed by atoms with Gasteiger partial charge in [-0.15, -0.1) is 0 Å². The fourth-order valence-electron chi connectivity index (χ4n) is 2.38. The Labute approximate surface area is 126 Å². The van der Waals surface area contributed by atoms with E-state index in [1.807, 2.05) is 13.8 Å². The molecule has 0 aromatic heterocycles. The second-order valence-corrected chi connectivity index (χ2v) is 6.85. The van der Waals surface area contributed by atoms with Crippen LogP contribution < -0.4 is 4.74 Å². The van der Waals surface area contributed by atoms with E-state index in [0.29, 0.717) is 11.3 Å². The van der Waals surface area contributed by atoms with Crippen molar-refractivity contribution in [2.75, 3.05) is 20.5 Å². The minimum absolute atomic E-state index is 0.0929. The van der Waals surface area contributed by atoms with Crippen molar-refractivity contribution in [2.45, 2.75) is 37.5 Å². The van der Waals surface area contributed by atoms with Crippen LogP contribution in [-0.2, 0) is 14.6 Å². The molecule has 0 radical (unpaired) electrons. The highest BCUT2D eigenvalue weighted by Crippen LogP contribution is 2.34. The smallest absolute Gasteiger partial charge is 0.341 e. The summed E-state index contributed by atoms with van der Waals surface area (Å²) in [6, 6.07) is 2.99. The second-order valence-electron chi connectivity index (χ2n) is 4.87. The summed E-state index contributed by atoms with van der Waals surface area (Å²) in [5.41, 5.74) is 0.808. The van der Waals surface area contributed by atoms with Gasteiger partial charge in [-0.05, 0) is 36.5 Å². The molecule has 1 aromatic carbocycles. The van der Waals surface area contributed by atoms with Crippen molar-refractivity contribution in [2.24, 2.45) is 0 Å². The minimum Gasteiger partial charge on any atom is -0.496 e. The highest BCUT2D eigenvalue weighted by molar-refractivity contribution is 7.90. The first-order chi connectivity index (χ1) is 9.79. The van der Waals surface area contributed by atoms with Crippen molar-refractivity contribution in [3.8, 4) is 5.75 Å². The molecule has 6 heteroatoms. The van der Waals surface area contributed by atoms with Gasteiger partial charge in [0.1, 0.15) is 11.3 Å². The van der Waals surface area contributed by atoms with Crippen LogP contribution >= 0.6 is 0 Å². The molecular weight excluding hydrogens is 292 g/mol. The molecule has 118 valence electrons. The number of hydrogen-bond acceptors (Lipinski definition) is 5. The van der Waals surface area contributed by atoms with Crippen LogP contribution in [-0.4, -0.2) is 34.9 Å². The van der Waals surface area contributed by atoms with Crippen molar-refractivity contribution in [3.05, 3.63) is 23.3 Å². The van der Waals surface area contributed by atoms with E-state index in [2.05, 4.69) is 4.74 Å². The molecule has 0 saturated heterocycles. The Balaban J connectivity index is 3.68. The van der Waals surface area contributed by atoms with E-state index in [0.717, 1.165) is 19.1 Å². The van der Waals surface area contributed by atoms with Gasteiger partial charge in [-0.25, -0.2) is 13.2 Å². The highest BCUT2D eigenvalue weighted by Gasteiger charge is 2.24. The molecule has 0 amide bonds. The van der Waals surface area contributed by atoms with Gasteiger partial charge in [0.25, 0.3) is 0 Å². The van der Waals surface area contributed by atoms with E-state index in [1.165, 1.54) is 20.3 Å². The van der Waals surface area contributed by atoms with E-state index in [1.54, 1.807) is 6.07 Å². The maximum absolute atomic E-state index is 12.1. The number of esters is 1. The molecular formula is C15H22O5S. The van der Waals surface area contributed by atoms with E-state index in [9.17, 15) is 13.2 Å². The summed E-state index contributed by atoms with van der Waals surface area (Å²) < 4.78 is 34.0. The third-order valence-electron chi connectivity index (χ3n) is 3.56. The third-order valence-corrected chi connectivity index (χ3v) is 4.71. The average Bonchev–Trinajstić information content (AvgIpc) is 2.45. The monoisotopic (exact) mass is 314 g/mol. The molecule has 0 saturated carbocycles. The molecule has 0 fully saturated rings. The van der Waals surface area contributed by atoms with Gasteiger partial charge < -0.3 is 9.47 Å². The Morgan fingerprint density at radius 3 is 2.14 bits per heavy atom. The standard InChI is InChI=1S/C15H22O5S/c1-6-10(7-2)11-8-13(19-3)12(15(16)20-4)9-14(11)21(5,17)18/h8-10H,6-7H2,1-5H3. The number of hydrogen-bond donors (Lipinski definition) is 0. The molecule has 1 aromatic rings. The minimum atomic E-state index is -3.45. The molecule has 0 unspecified atom stereocenters. The Hall–Kier alpha value is -1.56. The molecule has 0 N–H and O–H groups in total. The molecule has 0 aliphatic rings. The molecule has 0 aliphatic heterocycles. The molecule has 1 rings (SSSR count). The van der Waals surface area contributed by atoms with Crippen molar-refractivity contribution >= 4 is 15.8 Å². The third kappa shape index (κ3) is 3.75. The van der Waals surface area contributed by atoms with Crippen LogP contribution in [0.2, 0.25) is 0 Å². The Kier molecular flexibility index (Phi) is 5.78. The van der Waals surface area contributed by atoms with Crippen LogP contribution in [0.15, 0.2) is 17.0 Å². The summed E-state index contributed by atoms with van der Waals surface area (Å²) in [6.45, 7) is 4.00. The van der Waals surface area contributed by atoms with E-state index in [-0.39, 0.29) is 16.4 Å². The second kappa shape index (κ2) is 6.93. The number of sulfone groups is 1. The summed E-state index contributed by atoms with van der Waals surface area (Å²) in [4.78, 5) is 12.0. The van der Waals surface area contributed by atoms with Gasteiger partial charge in [0.05, 0.1) is 19.1 Å². The Bertz CT molecular complexity index is 615. The average molecular weight is 314 g/mol. The van der Waals surface area contributed by atoms with Gasteiger partial charge in [0, 0.05) is 6.26 Å². The van der Waals surface area contributed by atoms with Gasteiger partial charge in [-0.2, -0.15) is 0 Å². The van der Waals surface area contributed by atoms with Crippen LogP contribution in [0.3, 0.4) is 0 Å². The van der Waals surface area contributed by atoms with Crippen molar-refractivity contribution in [1.82, 2.24) is 0 Å². The number of methoxy groups -OCH3 is 2. The van der Waals surface area contributed by atoms with Gasteiger partial charge in [-0.3, -0.25) is 0 Å². The van der Waals surface area contributed by atoms with E-state index in [4.69, 9.17) is 4.74 Å². The molecule has 0 bridgehead atoms. The highest BCUT2D eigenvalue weighted by atomic mass is 32.2. The first-order valence-electron chi connectivity index (χ1n) is 6.80. The van der Waals surface area contributed by atoms with Gasteiger partial charge in [-0.1, -0.05) is 13.8 Å². The van der Waals surface area contributed by atoms with Gasteiger partial charge in [0.15, 0.2) is 9.84 Å². The summed E-state index contributed by atoms with van der Waals surface area (Å²) in [6.07, 6.45) is 2.75. The SMILES string of the molecule is CCC(CC)c1cc(OC)c(C(=O)OC)cc1S(C)(=O)=O. The van der Waals surface area contributed by atoms with Gasteiger partial charge >= 0.3 is 5.97 Å². The summed E-state index contributed by atoms with van der Waals surface area (Å²) in [7, 11) is -0.761. The first kappa shape index (κ1) is 17.5. The van der Waals surface area contributed by atoms with Crippen molar-refractivity contribution < 1.29 is 22.7 Å². The topological polar surface area (TPSA) is 69.7 Å². The lowest BCUT2D eigenvalue weighted by Crippen LogP contribution is -2.11. The van der Waals surface area contributed by atoms with Crippen LogP contribution in [0.25, 0.3) is 0 Å². The van der Waals surface area contributed by atoms with Crippen molar-refractivity contribution in [3.63, 3.8) is 0 Å². The fourth-order valence-corrected chi connectivity index (χ4v) is 3.37. The predicted octanol–water partition coefficient (Wildman–Crippen LogP) is 2.79. The Morgan fingerprint density at radius 1 is 1.19 bits per heavy atom. The van der Waals surface area contributed by atoms with E-state index < -0.39 is 15.8 Å². The van der Waals surface area contributed by atoms with Crippen molar-refractivity contribution in [1.29, 1.82) is 0 Å². The molecule has 0 heterocycles. The summed E-state index contributed by atoms with van der Waals surface area (Å²) in [5.74, 6) is -0.195. The number of ether oxygens (including phenoxy) is 2. The molecule has 0 spiro atoms. The largest absolute Gasteiger partial charge is 0.496 e. The number of carbonyl (C=O) groups excluding carboxylic acids is 1. The van der Waals surface area contributed by atoms with E-state index >= 15 is 0 Å². The molecule has 0 atom stereocenters. The zero-order valence-electron chi connectivity index (χ0n) is 13.1. The van der Waals surface area contributed by atoms with Crippen LogP contribution in [0.4, 0.5) is 0 Å². The fraction of sp³-hybridized carbons (Fsp3) is 0.533. The Morgan fingerprint density at radius 2 is 1.76 bits per heavy atom. The van der Waals surface area contributed by atoms with Crippen LogP contribution in [0.1, 0.15) is 48.5 Å². The number of benzene rings is 1. The first-order valence-corrected chi connectivity index (χ1v) is 8.69. The molecule has 21 heavy (non-hydrogen) atoms. The lowest BCUT2D eigenvalue weighted by Gasteiger charge is -2.19. The van der Waals surface area contributed by atoms with Crippen LogP contribution in [0.5, 0.6) is 5.75 Å². The molecule has 5 nitrogen and oxygen atoms in total. The zero-order valence-corrected chi connectivity index (χ0v) is 13.9. The number of carbonyl (C=O) groups is 1. The predicted molar refractivity (Wildman–Crippen MR) is 80.8 cm³/mol. The summed E-state index contributed by atoms with van der Waals surface area (Å²) in [5, 5.41) is 0. The lowest BCUT2D eigenvalue weighted by atomic mass is 9.92. The summed E-state index contributed by atoms with van der Waals surface area (Å²) >= 11 is 0. The maximum Gasteiger partial charge on any atom is 0.341 e. The number of rotatable bonds is 6. The quantitative estimate of drug-likeness (QED) is 0.755. The maximum atomic E-state index is 12.1. The lowest BCUT2D eigenvalue weighted by molar-refractivity contribution is 0.0596. The molecule has 0 aliphatic carbocycles.